The number of benzene rings is 2. The summed E-state index contributed by atoms with van der Waals surface area (Å²) in [5, 5.41) is 9.08. The van der Waals surface area contributed by atoms with Crippen molar-refractivity contribution in [2.75, 3.05) is 4.72 Å². The summed E-state index contributed by atoms with van der Waals surface area (Å²) >= 11 is 5.90. The Bertz CT molecular complexity index is 751. The molecule has 2 rings (SSSR count). The fourth-order valence-electron chi connectivity index (χ4n) is 1.48. The van der Waals surface area contributed by atoms with Crippen LogP contribution in [0.5, 0.6) is 0 Å². The summed E-state index contributed by atoms with van der Waals surface area (Å²) in [7, 11) is -3.75. The maximum absolute atomic E-state index is 12.1. The summed E-state index contributed by atoms with van der Waals surface area (Å²) in [6.07, 6.45) is 0. The van der Waals surface area contributed by atoms with Gasteiger partial charge in [-0.05, 0) is 30.3 Å². The minimum absolute atomic E-state index is 0.0199. The molecule has 4 nitrogen and oxygen atoms in total. The minimum atomic E-state index is -3.75. The van der Waals surface area contributed by atoms with Gasteiger partial charge in [0.05, 0.1) is 27.2 Å². The van der Waals surface area contributed by atoms with Crippen molar-refractivity contribution >= 4 is 27.3 Å². The standard InChI is InChI=1S/C13H9ClN2O2S/c14-12-6-1-2-7-13(12)16-19(17,18)11-5-3-4-10(8-11)9-15/h1-8,16H. The van der Waals surface area contributed by atoms with Crippen molar-refractivity contribution in [3.05, 3.63) is 59.1 Å². The molecule has 0 aliphatic carbocycles. The summed E-state index contributed by atoms with van der Waals surface area (Å²) < 4.78 is 26.7. The van der Waals surface area contributed by atoms with Crippen molar-refractivity contribution in [1.82, 2.24) is 0 Å². The normalized spacial score (nSPS) is 10.7. The van der Waals surface area contributed by atoms with E-state index in [1.54, 1.807) is 24.3 Å². The van der Waals surface area contributed by atoms with Crippen LogP contribution in [0.4, 0.5) is 5.69 Å². The van der Waals surface area contributed by atoms with E-state index in [2.05, 4.69) is 4.72 Å². The third kappa shape index (κ3) is 3.05. The summed E-state index contributed by atoms with van der Waals surface area (Å²) in [5.41, 5.74) is 0.577. The van der Waals surface area contributed by atoms with Crippen LogP contribution in [0, 0.1) is 11.3 Å². The van der Waals surface area contributed by atoms with Gasteiger partial charge in [0.2, 0.25) is 0 Å². The summed E-state index contributed by atoms with van der Waals surface area (Å²) in [6.45, 7) is 0. The average Bonchev–Trinajstić information content (AvgIpc) is 2.41. The third-order valence-electron chi connectivity index (χ3n) is 2.39. The quantitative estimate of drug-likeness (QED) is 0.945. The van der Waals surface area contributed by atoms with Crippen LogP contribution in [0.1, 0.15) is 5.56 Å². The van der Waals surface area contributed by atoms with Crippen molar-refractivity contribution in [3.63, 3.8) is 0 Å². The number of nitrogens with one attached hydrogen (secondary N) is 1. The zero-order chi connectivity index (χ0) is 13.9. The Labute approximate surface area is 116 Å². The minimum Gasteiger partial charge on any atom is -0.278 e. The van der Waals surface area contributed by atoms with Crippen LogP contribution in [-0.2, 0) is 10.0 Å². The lowest BCUT2D eigenvalue weighted by atomic mass is 10.2. The van der Waals surface area contributed by atoms with Gasteiger partial charge in [-0.25, -0.2) is 8.42 Å². The molecule has 0 unspecified atom stereocenters. The highest BCUT2D eigenvalue weighted by Crippen LogP contribution is 2.24. The molecule has 0 radical (unpaired) electrons. The van der Waals surface area contributed by atoms with Gasteiger partial charge in [-0.1, -0.05) is 29.8 Å². The van der Waals surface area contributed by atoms with Crippen LogP contribution in [0.3, 0.4) is 0 Å². The van der Waals surface area contributed by atoms with Crippen LogP contribution in [0.2, 0.25) is 5.02 Å². The van der Waals surface area contributed by atoms with E-state index >= 15 is 0 Å². The van der Waals surface area contributed by atoms with E-state index in [1.807, 2.05) is 6.07 Å². The topological polar surface area (TPSA) is 70.0 Å². The Morgan fingerprint density at radius 3 is 2.53 bits per heavy atom. The number of hydrogen-bond donors (Lipinski definition) is 1. The van der Waals surface area contributed by atoms with Gasteiger partial charge < -0.3 is 0 Å². The molecule has 0 aliphatic heterocycles. The van der Waals surface area contributed by atoms with Crippen molar-refractivity contribution in [2.24, 2.45) is 0 Å². The zero-order valence-corrected chi connectivity index (χ0v) is 11.2. The Hall–Kier alpha value is -2.03. The molecule has 0 fully saturated rings. The Morgan fingerprint density at radius 1 is 1.11 bits per heavy atom. The van der Waals surface area contributed by atoms with Gasteiger partial charge in [0.15, 0.2) is 0 Å². The largest absolute Gasteiger partial charge is 0.278 e. The lowest BCUT2D eigenvalue weighted by molar-refractivity contribution is 0.601. The highest BCUT2D eigenvalue weighted by atomic mass is 35.5. The first kappa shape index (κ1) is 13.4. The van der Waals surface area contributed by atoms with Crippen LogP contribution < -0.4 is 4.72 Å². The maximum Gasteiger partial charge on any atom is 0.261 e. The van der Waals surface area contributed by atoms with E-state index in [4.69, 9.17) is 16.9 Å². The van der Waals surface area contributed by atoms with Crippen LogP contribution in [0.15, 0.2) is 53.4 Å². The lowest BCUT2D eigenvalue weighted by Gasteiger charge is -2.09. The number of halogens is 1. The molecule has 0 aromatic heterocycles. The molecule has 0 bridgehead atoms. The molecule has 0 saturated carbocycles. The van der Waals surface area contributed by atoms with Crippen molar-refractivity contribution in [2.45, 2.75) is 4.90 Å². The second kappa shape index (κ2) is 5.31. The Kier molecular flexibility index (Phi) is 3.74. The number of anilines is 1. The van der Waals surface area contributed by atoms with Crippen LogP contribution in [-0.4, -0.2) is 8.42 Å². The molecule has 0 amide bonds. The molecule has 0 spiro atoms. The summed E-state index contributed by atoms with van der Waals surface area (Å²) in [5.74, 6) is 0. The molecular weight excluding hydrogens is 284 g/mol. The van der Waals surface area contributed by atoms with E-state index in [1.165, 1.54) is 24.3 Å². The highest BCUT2D eigenvalue weighted by Gasteiger charge is 2.15. The van der Waals surface area contributed by atoms with Crippen molar-refractivity contribution in [3.8, 4) is 6.07 Å². The molecule has 0 aliphatic rings. The number of hydrogen-bond acceptors (Lipinski definition) is 3. The second-order valence-corrected chi connectivity index (χ2v) is 5.81. The van der Waals surface area contributed by atoms with Gasteiger partial charge in [0.1, 0.15) is 0 Å². The van der Waals surface area contributed by atoms with E-state index < -0.39 is 10.0 Å². The first-order valence-electron chi connectivity index (χ1n) is 5.30. The molecule has 0 atom stereocenters. The molecular formula is C13H9ClN2O2S. The van der Waals surface area contributed by atoms with Crippen LogP contribution in [0.25, 0.3) is 0 Å². The first-order valence-corrected chi connectivity index (χ1v) is 7.16. The molecule has 6 heteroatoms. The van der Waals surface area contributed by atoms with Gasteiger partial charge in [-0.2, -0.15) is 5.26 Å². The van der Waals surface area contributed by atoms with E-state index in [0.29, 0.717) is 10.7 Å². The molecule has 0 heterocycles. The highest BCUT2D eigenvalue weighted by molar-refractivity contribution is 7.92. The predicted molar refractivity (Wildman–Crippen MR) is 73.4 cm³/mol. The van der Waals surface area contributed by atoms with Crippen LogP contribution >= 0.6 is 11.6 Å². The average molecular weight is 293 g/mol. The molecule has 0 saturated heterocycles. The molecule has 2 aromatic rings. The predicted octanol–water partition coefficient (Wildman–Crippen LogP) is 3.01. The second-order valence-electron chi connectivity index (χ2n) is 3.72. The van der Waals surface area contributed by atoms with E-state index in [-0.39, 0.29) is 10.5 Å². The van der Waals surface area contributed by atoms with Gasteiger partial charge >= 0.3 is 0 Å². The zero-order valence-electron chi connectivity index (χ0n) is 9.67. The first-order chi connectivity index (χ1) is 9.03. The monoisotopic (exact) mass is 292 g/mol. The maximum atomic E-state index is 12.1. The van der Waals surface area contributed by atoms with Gasteiger partial charge in [0.25, 0.3) is 10.0 Å². The number of nitriles is 1. The molecule has 1 N–H and O–H groups in total. The fourth-order valence-corrected chi connectivity index (χ4v) is 2.84. The Balaban J connectivity index is 2.39. The number of para-hydroxylation sites is 1. The number of nitrogens with zero attached hydrogens (tertiary/aromatic N) is 1. The molecule has 96 valence electrons. The third-order valence-corrected chi connectivity index (χ3v) is 4.08. The fraction of sp³-hybridized carbons (Fsp3) is 0. The Morgan fingerprint density at radius 2 is 1.84 bits per heavy atom. The number of sulfonamides is 1. The summed E-state index contributed by atoms with van der Waals surface area (Å²) in [6, 6.07) is 14.2. The van der Waals surface area contributed by atoms with Gasteiger partial charge in [-0.15, -0.1) is 0 Å². The van der Waals surface area contributed by atoms with Crippen molar-refractivity contribution < 1.29 is 8.42 Å². The SMILES string of the molecule is N#Cc1cccc(S(=O)(=O)Nc2ccccc2Cl)c1. The van der Waals surface area contributed by atoms with E-state index in [9.17, 15) is 8.42 Å². The molecule has 19 heavy (non-hydrogen) atoms. The van der Waals surface area contributed by atoms with E-state index in [0.717, 1.165) is 0 Å². The lowest BCUT2D eigenvalue weighted by Crippen LogP contribution is -2.13. The smallest absolute Gasteiger partial charge is 0.261 e. The van der Waals surface area contributed by atoms with Gasteiger partial charge in [0, 0.05) is 0 Å². The van der Waals surface area contributed by atoms with Gasteiger partial charge in [-0.3, -0.25) is 4.72 Å². The molecule has 2 aromatic carbocycles. The number of rotatable bonds is 3. The van der Waals surface area contributed by atoms with Crippen molar-refractivity contribution in [1.29, 1.82) is 5.26 Å². The summed E-state index contributed by atoms with van der Waals surface area (Å²) in [4.78, 5) is 0.0199.